The van der Waals surface area contributed by atoms with Crippen molar-refractivity contribution >= 4 is 28.0 Å². The van der Waals surface area contributed by atoms with Crippen LogP contribution in [0.15, 0.2) is 34.3 Å². The zero-order valence-corrected chi connectivity index (χ0v) is 9.61. The standard InChI is InChI=1S/C11H8BrNO2/c1-15-11(14)9(7-13)5-8-3-2-4-10(12)6-8/h2-6H,1H3/b9-5+. The van der Waals surface area contributed by atoms with Crippen molar-refractivity contribution in [2.24, 2.45) is 0 Å². The van der Waals surface area contributed by atoms with E-state index in [0.29, 0.717) is 0 Å². The number of carbonyl (C=O) groups is 1. The molecule has 0 radical (unpaired) electrons. The van der Waals surface area contributed by atoms with Crippen LogP contribution in [0.4, 0.5) is 0 Å². The lowest BCUT2D eigenvalue weighted by molar-refractivity contribution is -0.135. The van der Waals surface area contributed by atoms with E-state index in [0.717, 1.165) is 10.0 Å². The van der Waals surface area contributed by atoms with Crippen LogP contribution >= 0.6 is 15.9 Å². The van der Waals surface area contributed by atoms with Gasteiger partial charge in [-0.05, 0) is 23.8 Å². The third-order valence-corrected chi connectivity index (χ3v) is 2.18. The molecule has 0 aliphatic heterocycles. The van der Waals surface area contributed by atoms with Gasteiger partial charge in [0.05, 0.1) is 7.11 Å². The maximum atomic E-state index is 11.1. The largest absolute Gasteiger partial charge is 0.465 e. The number of ether oxygens (including phenoxy) is 1. The first-order valence-corrected chi connectivity index (χ1v) is 4.92. The minimum atomic E-state index is -0.627. The molecule has 4 heteroatoms. The molecule has 0 heterocycles. The van der Waals surface area contributed by atoms with Gasteiger partial charge in [-0.1, -0.05) is 28.1 Å². The van der Waals surface area contributed by atoms with Gasteiger partial charge in [0.2, 0.25) is 0 Å². The van der Waals surface area contributed by atoms with Gasteiger partial charge in [-0.25, -0.2) is 4.79 Å². The molecule has 0 unspecified atom stereocenters. The highest BCUT2D eigenvalue weighted by Crippen LogP contribution is 2.14. The molecule has 0 aliphatic rings. The van der Waals surface area contributed by atoms with Gasteiger partial charge in [0.1, 0.15) is 11.6 Å². The molecule has 76 valence electrons. The number of benzene rings is 1. The zero-order chi connectivity index (χ0) is 11.3. The van der Waals surface area contributed by atoms with Crippen molar-refractivity contribution in [1.29, 1.82) is 5.26 Å². The summed E-state index contributed by atoms with van der Waals surface area (Å²) in [4.78, 5) is 11.1. The molecule has 0 aliphatic carbocycles. The monoisotopic (exact) mass is 265 g/mol. The van der Waals surface area contributed by atoms with Crippen molar-refractivity contribution < 1.29 is 9.53 Å². The average molecular weight is 266 g/mol. The second kappa shape index (κ2) is 5.32. The van der Waals surface area contributed by atoms with Crippen molar-refractivity contribution in [3.8, 4) is 6.07 Å². The van der Waals surface area contributed by atoms with Gasteiger partial charge in [-0.15, -0.1) is 0 Å². The first-order chi connectivity index (χ1) is 7.17. The van der Waals surface area contributed by atoms with E-state index in [1.807, 2.05) is 12.1 Å². The summed E-state index contributed by atoms with van der Waals surface area (Å²) in [7, 11) is 1.24. The molecule has 0 amide bonds. The number of halogens is 1. The Balaban J connectivity index is 3.05. The third-order valence-electron chi connectivity index (χ3n) is 1.69. The van der Waals surface area contributed by atoms with E-state index in [4.69, 9.17) is 5.26 Å². The van der Waals surface area contributed by atoms with Crippen molar-refractivity contribution in [1.82, 2.24) is 0 Å². The normalized spacial score (nSPS) is 10.6. The fraction of sp³-hybridized carbons (Fsp3) is 0.0909. The van der Waals surface area contributed by atoms with Gasteiger partial charge in [-0.2, -0.15) is 5.26 Å². The summed E-state index contributed by atoms with van der Waals surface area (Å²) in [6.45, 7) is 0. The summed E-state index contributed by atoms with van der Waals surface area (Å²) in [5.41, 5.74) is 0.752. The van der Waals surface area contributed by atoms with Crippen LogP contribution in [-0.4, -0.2) is 13.1 Å². The Morgan fingerprint density at radius 3 is 2.87 bits per heavy atom. The van der Waals surface area contributed by atoms with E-state index in [1.165, 1.54) is 13.2 Å². The molecule has 0 atom stereocenters. The first kappa shape index (κ1) is 11.5. The lowest BCUT2D eigenvalue weighted by Gasteiger charge is -1.97. The summed E-state index contributed by atoms with van der Waals surface area (Å²) in [6.07, 6.45) is 1.48. The number of nitriles is 1. The van der Waals surface area contributed by atoms with Gasteiger partial charge in [-0.3, -0.25) is 0 Å². The second-order valence-corrected chi connectivity index (χ2v) is 3.63. The predicted octanol–water partition coefficient (Wildman–Crippen LogP) is 2.53. The Bertz CT molecular complexity index is 446. The van der Waals surface area contributed by atoms with E-state index in [2.05, 4.69) is 20.7 Å². The molecule has 1 aromatic rings. The Labute approximate surface area is 96.1 Å². The fourth-order valence-electron chi connectivity index (χ4n) is 1.01. The Kier molecular flexibility index (Phi) is 4.07. The SMILES string of the molecule is COC(=O)/C(C#N)=C/c1cccc(Br)c1. The molecule has 0 saturated heterocycles. The molecule has 1 rings (SSSR count). The number of hydrogen-bond acceptors (Lipinski definition) is 3. The van der Waals surface area contributed by atoms with Gasteiger partial charge in [0.25, 0.3) is 0 Å². The molecule has 0 N–H and O–H groups in total. The molecule has 0 fully saturated rings. The van der Waals surface area contributed by atoms with Crippen molar-refractivity contribution in [2.45, 2.75) is 0 Å². The van der Waals surface area contributed by atoms with Gasteiger partial charge < -0.3 is 4.74 Å². The minimum absolute atomic E-state index is 0.0180. The molecular weight excluding hydrogens is 258 g/mol. The molecular formula is C11H8BrNO2. The number of hydrogen-bond donors (Lipinski definition) is 0. The van der Waals surface area contributed by atoms with Crippen molar-refractivity contribution in [2.75, 3.05) is 7.11 Å². The molecule has 15 heavy (non-hydrogen) atoms. The lowest BCUT2D eigenvalue weighted by Crippen LogP contribution is -2.02. The number of carbonyl (C=O) groups excluding carboxylic acids is 1. The highest BCUT2D eigenvalue weighted by Gasteiger charge is 2.07. The van der Waals surface area contributed by atoms with Crippen LogP contribution in [0.3, 0.4) is 0 Å². The van der Waals surface area contributed by atoms with E-state index in [-0.39, 0.29) is 5.57 Å². The Hall–Kier alpha value is -1.60. The van der Waals surface area contributed by atoms with E-state index in [9.17, 15) is 4.79 Å². The van der Waals surface area contributed by atoms with Crippen LogP contribution in [-0.2, 0) is 9.53 Å². The van der Waals surface area contributed by atoms with Crippen LogP contribution in [0.1, 0.15) is 5.56 Å². The first-order valence-electron chi connectivity index (χ1n) is 4.13. The summed E-state index contributed by atoms with van der Waals surface area (Å²) in [6, 6.07) is 9.08. The van der Waals surface area contributed by atoms with Gasteiger partial charge >= 0.3 is 5.97 Å². The van der Waals surface area contributed by atoms with Gasteiger partial charge in [0, 0.05) is 4.47 Å². The number of nitrogens with zero attached hydrogens (tertiary/aromatic N) is 1. The highest BCUT2D eigenvalue weighted by atomic mass is 79.9. The van der Waals surface area contributed by atoms with Crippen LogP contribution in [0, 0.1) is 11.3 Å². The van der Waals surface area contributed by atoms with Crippen LogP contribution in [0.5, 0.6) is 0 Å². The maximum Gasteiger partial charge on any atom is 0.348 e. The Morgan fingerprint density at radius 2 is 2.33 bits per heavy atom. The fourth-order valence-corrected chi connectivity index (χ4v) is 1.43. The molecule has 0 saturated carbocycles. The molecule has 3 nitrogen and oxygen atoms in total. The Morgan fingerprint density at radius 1 is 1.60 bits per heavy atom. The molecule has 0 bridgehead atoms. The average Bonchev–Trinajstić information content (AvgIpc) is 2.25. The summed E-state index contributed by atoms with van der Waals surface area (Å²) in [5, 5.41) is 8.73. The lowest BCUT2D eigenvalue weighted by atomic mass is 10.1. The van der Waals surface area contributed by atoms with Crippen LogP contribution in [0.25, 0.3) is 6.08 Å². The predicted molar refractivity (Wildman–Crippen MR) is 59.7 cm³/mol. The van der Waals surface area contributed by atoms with Crippen LogP contribution < -0.4 is 0 Å². The van der Waals surface area contributed by atoms with Crippen LogP contribution in [0.2, 0.25) is 0 Å². The smallest absolute Gasteiger partial charge is 0.348 e. The van der Waals surface area contributed by atoms with Crippen molar-refractivity contribution in [3.05, 3.63) is 39.9 Å². The number of rotatable bonds is 2. The minimum Gasteiger partial charge on any atom is -0.465 e. The van der Waals surface area contributed by atoms with E-state index < -0.39 is 5.97 Å². The maximum absolute atomic E-state index is 11.1. The highest BCUT2D eigenvalue weighted by molar-refractivity contribution is 9.10. The summed E-state index contributed by atoms with van der Waals surface area (Å²) in [5.74, 6) is -0.627. The number of esters is 1. The molecule has 0 aromatic heterocycles. The number of methoxy groups -OCH3 is 1. The molecule has 0 spiro atoms. The summed E-state index contributed by atoms with van der Waals surface area (Å²) < 4.78 is 5.35. The second-order valence-electron chi connectivity index (χ2n) is 2.72. The van der Waals surface area contributed by atoms with E-state index in [1.54, 1.807) is 18.2 Å². The molecule has 1 aromatic carbocycles. The van der Waals surface area contributed by atoms with Crippen molar-refractivity contribution in [3.63, 3.8) is 0 Å². The quantitative estimate of drug-likeness (QED) is 0.469. The zero-order valence-electron chi connectivity index (χ0n) is 8.03. The summed E-state index contributed by atoms with van der Waals surface area (Å²) >= 11 is 3.30. The third kappa shape index (κ3) is 3.22. The van der Waals surface area contributed by atoms with E-state index >= 15 is 0 Å². The topological polar surface area (TPSA) is 50.1 Å². The van der Waals surface area contributed by atoms with Gasteiger partial charge in [0.15, 0.2) is 0 Å².